The number of Topliss-reactive ketones (excluding diaryl/α,β-unsaturated/α-hetero) is 1. The number of para-hydroxylation sites is 1. The lowest BCUT2D eigenvalue weighted by molar-refractivity contribution is 0.0851. The van der Waals surface area contributed by atoms with Crippen molar-refractivity contribution in [3.63, 3.8) is 0 Å². The standard InChI is InChI=1S/C20H19NO2/c1-20(15-7-5-8-16(13-15)23-2)10-11-21-17-9-4-3-6-14(17)12-18(21)19(20)22/h3-9,12-13H,10-11H2,1-2H3/t20-/m1/s1. The first kappa shape index (κ1) is 14.1. The molecule has 4 rings (SSSR count). The summed E-state index contributed by atoms with van der Waals surface area (Å²) in [4.78, 5) is 13.2. The molecule has 0 radical (unpaired) electrons. The van der Waals surface area contributed by atoms with Crippen LogP contribution in [0.1, 0.15) is 29.4 Å². The van der Waals surface area contributed by atoms with Gasteiger partial charge in [0.1, 0.15) is 5.75 Å². The highest BCUT2D eigenvalue weighted by Crippen LogP contribution is 2.39. The number of hydrogen-bond acceptors (Lipinski definition) is 2. The smallest absolute Gasteiger partial charge is 0.189 e. The number of aryl methyl sites for hydroxylation is 1. The molecule has 3 nitrogen and oxygen atoms in total. The number of ether oxygens (including phenoxy) is 1. The van der Waals surface area contributed by atoms with Gasteiger partial charge in [0.2, 0.25) is 0 Å². The first-order valence-electron chi connectivity index (χ1n) is 7.91. The van der Waals surface area contributed by atoms with Gasteiger partial charge in [0.15, 0.2) is 5.78 Å². The first-order chi connectivity index (χ1) is 11.1. The van der Waals surface area contributed by atoms with Crippen molar-refractivity contribution in [1.82, 2.24) is 4.57 Å². The van der Waals surface area contributed by atoms with Crippen molar-refractivity contribution < 1.29 is 9.53 Å². The van der Waals surface area contributed by atoms with Gasteiger partial charge >= 0.3 is 0 Å². The zero-order valence-electron chi connectivity index (χ0n) is 13.4. The Morgan fingerprint density at radius 2 is 1.91 bits per heavy atom. The van der Waals surface area contributed by atoms with Crippen LogP contribution >= 0.6 is 0 Å². The molecule has 0 fully saturated rings. The Labute approximate surface area is 135 Å². The van der Waals surface area contributed by atoms with Gasteiger partial charge in [0, 0.05) is 17.4 Å². The molecule has 0 saturated heterocycles. The topological polar surface area (TPSA) is 31.2 Å². The predicted octanol–water partition coefficient (Wildman–Crippen LogP) is 4.19. The van der Waals surface area contributed by atoms with Crippen molar-refractivity contribution in [3.05, 3.63) is 65.9 Å². The van der Waals surface area contributed by atoms with Crippen molar-refractivity contribution in [2.75, 3.05) is 7.11 Å². The summed E-state index contributed by atoms with van der Waals surface area (Å²) in [6.07, 6.45) is 0.796. The minimum Gasteiger partial charge on any atom is -0.497 e. The summed E-state index contributed by atoms with van der Waals surface area (Å²) >= 11 is 0. The summed E-state index contributed by atoms with van der Waals surface area (Å²) in [5, 5.41) is 1.13. The Kier molecular flexibility index (Phi) is 3.05. The second-order valence-electron chi connectivity index (χ2n) is 6.38. The van der Waals surface area contributed by atoms with E-state index in [1.165, 1.54) is 0 Å². The van der Waals surface area contributed by atoms with Crippen LogP contribution in [-0.2, 0) is 12.0 Å². The van der Waals surface area contributed by atoms with Crippen molar-refractivity contribution in [1.29, 1.82) is 0 Å². The van der Waals surface area contributed by atoms with Crippen LogP contribution in [0.15, 0.2) is 54.6 Å². The lowest BCUT2D eigenvalue weighted by atomic mass is 9.73. The Balaban J connectivity index is 1.85. The molecule has 116 valence electrons. The molecule has 1 atom stereocenters. The van der Waals surface area contributed by atoms with Gasteiger partial charge in [0.05, 0.1) is 18.2 Å². The maximum absolute atomic E-state index is 13.2. The number of rotatable bonds is 2. The molecular formula is C20H19NO2. The molecular weight excluding hydrogens is 286 g/mol. The second kappa shape index (κ2) is 4.98. The number of nitrogens with zero attached hydrogens (tertiary/aromatic N) is 1. The average Bonchev–Trinajstić information content (AvgIpc) is 2.97. The molecule has 0 saturated carbocycles. The number of carbonyl (C=O) groups excluding carboxylic acids is 1. The van der Waals surface area contributed by atoms with Gasteiger partial charge in [-0.25, -0.2) is 0 Å². The van der Waals surface area contributed by atoms with E-state index in [4.69, 9.17) is 4.74 Å². The fourth-order valence-electron chi connectivity index (χ4n) is 3.61. The summed E-state index contributed by atoms with van der Waals surface area (Å²) in [6, 6.07) is 18.1. The maximum Gasteiger partial charge on any atom is 0.189 e. The van der Waals surface area contributed by atoms with Crippen LogP contribution in [0.3, 0.4) is 0 Å². The predicted molar refractivity (Wildman–Crippen MR) is 91.2 cm³/mol. The fraction of sp³-hybridized carbons (Fsp3) is 0.250. The Morgan fingerprint density at radius 1 is 1.09 bits per heavy atom. The normalized spacial score (nSPS) is 20.5. The fourth-order valence-corrected chi connectivity index (χ4v) is 3.61. The average molecular weight is 305 g/mol. The van der Waals surface area contributed by atoms with Crippen LogP contribution in [0.2, 0.25) is 0 Å². The molecule has 0 bridgehead atoms. The molecule has 1 aliphatic heterocycles. The third kappa shape index (κ3) is 2.00. The SMILES string of the molecule is COc1cccc([C@@]2(C)CCn3c(cc4ccccc43)C2=O)c1. The van der Waals surface area contributed by atoms with Gasteiger partial charge in [-0.3, -0.25) is 4.79 Å². The molecule has 0 amide bonds. The largest absolute Gasteiger partial charge is 0.497 e. The van der Waals surface area contributed by atoms with Crippen LogP contribution in [0.4, 0.5) is 0 Å². The number of carbonyl (C=O) groups is 1. The van der Waals surface area contributed by atoms with Crippen LogP contribution in [0, 0.1) is 0 Å². The molecule has 0 N–H and O–H groups in total. The molecule has 2 aromatic carbocycles. The van der Waals surface area contributed by atoms with Crippen molar-refractivity contribution in [2.24, 2.45) is 0 Å². The zero-order valence-corrected chi connectivity index (χ0v) is 13.4. The first-order valence-corrected chi connectivity index (χ1v) is 7.91. The third-order valence-electron chi connectivity index (χ3n) is 5.09. The number of ketones is 1. The van der Waals surface area contributed by atoms with E-state index in [2.05, 4.69) is 16.7 Å². The van der Waals surface area contributed by atoms with E-state index in [0.717, 1.165) is 40.9 Å². The highest BCUT2D eigenvalue weighted by Gasteiger charge is 2.40. The summed E-state index contributed by atoms with van der Waals surface area (Å²) in [5.41, 5.74) is 2.48. The van der Waals surface area contributed by atoms with E-state index in [0.29, 0.717) is 0 Å². The molecule has 2 heterocycles. The second-order valence-corrected chi connectivity index (χ2v) is 6.38. The van der Waals surface area contributed by atoms with Crippen LogP contribution in [0.5, 0.6) is 5.75 Å². The molecule has 1 aromatic heterocycles. The zero-order chi connectivity index (χ0) is 16.0. The van der Waals surface area contributed by atoms with Gasteiger partial charge in [-0.1, -0.05) is 30.3 Å². The van der Waals surface area contributed by atoms with E-state index in [9.17, 15) is 4.79 Å². The summed E-state index contributed by atoms with van der Waals surface area (Å²) in [5.74, 6) is 0.982. The Morgan fingerprint density at radius 3 is 2.74 bits per heavy atom. The van der Waals surface area contributed by atoms with Gasteiger partial charge in [-0.2, -0.15) is 0 Å². The van der Waals surface area contributed by atoms with Gasteiger partial charge in [0.25, 0.3) is 0 Å². The lowest BCUT2D eigenvalue weighted by Crippen LogP contribution is -2.39. The van der Waals surface area contributed by atoms with E-state index in [1.807, 2.05) is 49.4 Å². The minimum atomic E-state index is -0.501. The molecule has 3 heteroatoms. The van der Waals surface area contributed by atoms with Crippen LogP contribution < -0.4 is 4.74 Å². The maximum atomic E-state index is 13.2. The molecule has 0 unspecified atom stereocenters. The summed E-state index contributed by atoms with van der Waals surface area (Å²) in [7, 11) is 1.65. The molecule has 23 heavy (non-hydrogen) atoms. The van der Waals surface area contributed by atoms with E-state index < -0.39 is 5.41 Å². The van der Waals surface area contributed by atoms with E-state index in [1.54, 1.807) is 7.11 Å². The van der Waals surface area contributed by atoms with Gasteiger partial charge < -0.3 is 9.30 Å². The lowest BCUT2D eigenvalue weighted by Gasteiger charge is -2.34. The highest BCUT2D eigenvalue weighted by atomic mass is 16.5. The van der Waals surface area contributed by atoms with Crippen molar-refractivity contribution in [2.45, 2.75) is 25.3 Å². The molecule has 3 aromatic rings. The molecule has 1 aliphatic rings. The molecule has 0 aliphatic carbocycles. The van der Waals surface area contributed by atoms with E-state index >= 15 is 0 Å². The Hall–Kier alpha value is -2.55. The highest BCUT2D eigenvalue weighted by molar-refractivity contribution is 6.06. The van der Waals surface area contributed by atoms with Gasteiger partial charge in [-0.05, 0) is 43.2 Å². The Bertz CT molecular complexity index is 909. The minimum absolute atomic E-state index is 0.188. The monoisotopic (exact) mass is 305 g/mol. The number of methoxy groups -OCH3 is 1. The number of fused-ring (bicyclic) bond motifs is 3. The van der Waals surface area contributed by atoms with Crippen molar-refractivity contribution >= 4 is 16.7 Å². The number of benzene rings is 2. The number of aromatic nitrogens is 1. The third-order valence-corrected chi connectivity index (χ3v) is 5.09. The van der Waals surface area contributed by atoms with Gasteiger partial charge in [-0.15, -0.1) is 0 Å². The van der Waals surface area contributed by atoms with Crippen LogP contribution in [-0.4, -0.2) is 17.5 Å². The van der Waals surface area contributed by atoms with Crippen molar-refractivity contribution in [3.8, 4) is 5.75 Å². The summed E-state index contributed by atoms with van der Waals surface area (Å²) in [6.45, 7) is 2.90. The quantitative estimate of drug-likeness (QED) is 0.710. The van der Waals surface area contributed by atoms with E-state index in [-0.39, 0.29) is 5.78 Å². The number of hydrogen-bond donors (Lipinski definition) is 0. The molecule has 0 spiro atoms. The van der Waals surface area contributed by atoms with Crippen LogP contribution in [0.25, 0.3) is 10.9 Å². The summed E-state index contributed by atoms with van der Waals surface area (Å²) < 4.78 is 7.48.